The number of piperidine rings is 1. The molecule has 2 fully saturated rings. The highest BCUT2D eigenvalue weighted by atomic mass is 19.1. The van der Waals surface area contributed by atoms with Crippen LogP contribution in [0.2, 0.25) is 0 Å². The number of benzene rings is 1. The number of alkyl halides is 1. The van der Waals surface area contributed by atoms with Gasteiger partial charge in [-0.2, -0.15) is 5.26 Å². The molecule has 1 aromatic heterocycles. The van der Waals surface area contributed by atoms with Gasteiger partial charge < -0.3 is 10.1 Å². The van der Waals surface area contributed by atoms with Gasteiger partial charge in [-0.15, -0.1) is 0 Å². The van der Waals surface area contributed by atoms with Crippen LogP contribution >= 0.6 is 0 Å². The zero-order valence-electron chi connectivity index (χ0n) is 17.5. The van der Waals surface area contributed by atoms with E-state index in [1.54, 1.807) is 18.2 Å². The summed E-state index contributed by atoms with van der Waals surface area (Å²) in [6.45, 7) is -0.0970. The fourth-order valence-corrected chi connectivity index (χ4v) is 4.80. The number of halogens is 1. The van der Waals surface area contributed by atoms with Crippen LogP contribution in [0.1, 0.15) is 36.3 Å². The maximum Gasteiger partial charge on any atom is 0.231 e. The van der Waals surface area contributed by atoms with E-state index in [1.165, 1.54) is 12.3 Å². The van der Waals surface area contributed by atoms with Gasteiger partial charge in [0.2, 0.25) is 11.8 Å². The van der Waals surface area contributed by atoms with Gasteiger partial charge in [0.05, 0.1) is 0 Å². The number of rotatable bonds is 6. The van der Waals surface area contributed by atoms with E-state index in [0.29, 0.717) is 30.7 Å². The lowest BCUT2D eigenvalue weighted by Gasteiger charge is -2.45. The summed E-state index contributed by atoms with van der Waals surface area (Å²) in [5.74, 6) is -1.71. The second-order valence-corrected chi connectivity index (χ2v) is 8.22. The van der Waals surface area contributed by atoms with Crippen molar-refractivity contribution in [3.63, 3.8) is 0 Å². The van der Waals surface area contributed by atoms with E-state index < -0.39 is 12.1 Å². The van der Waals surface area contributed by atoms with Crippen LogP contribution in [0.4, 0.5) is 4.39 Å². The first kappa shape index (κ1) is 21.7. The van der Waals surface area contributed by atoms with Crippen molar-refractivity contribution in [2.24, 2.45) is 11.8 Å². The van der Waals surface area contributed by atoms with Crippen molar-refractivity contribution in [3.05, 3.63) is 65.9 Å². The zero-order chi connectivity index (χ0) is 22.5. The standard InChI is InChI=1S/C25H24FN3O3/c26-18-8-9-20-19(14-18)23(17-4-2-1-3-5-17)24(25(31)29-20)21(30)10-6-16-7-11-22(28-15-16)32-13-12-27/h1-7,10-11,15,18-20,23-24H,8-9,13-14H2,(H,29,31)/b10-6+. The quantitative estimate of drug-likeness (QED) is 0.555. The van der Waals surface area contributed by atoms with Crippen molar-refractivity contribution in [2.75, 3.05) is 6.61 Å². The summed E-state index contributed by atoms with van der Waals surface area (Å²) in [4.78, 5) is 30.3. The number of carbonyl (C=O) groups is 2. The molecule has 0 radical (unpaired) electrons. The highest BCUT2D eigenvalue weighted by Crippen LogP contribution is 2.45. The molecule has 2 aliphatic rings. The number of pyridine rings is 1. The van der Waals surface area contributed by atoms with Crippen LogP contribution in [0.15, 0.2) is 54.7 Å². The third-order valence-electron chi connectivity index (χ3n) is 6.24. The predicted molar refractivity (Wildman–Crippen MR) is 116 cm³/mol. The monoisotopic (exact) mass is 433 g/mol. The summed E-state index contributed by atoms with van der Waals surface area (Å²) in [7, 11) is 0. The van der Waals surface area contributed by atoms with E-state index in [9.17, 15) is 14.0 Å². The summed E-state index contributed by atoms with van der Waals surface area (Å²) in [6.07, 6.45) is 4.96. The fourth-order valence-electron chi connectivity index (χ4n) is 4.80. The van der Waals surface area contributed by atoms with Crippen molar-refractivity contribution in [2.45, 2.75) is 37.4 Å². The summed E-state index contributed by atoms with van der Waals surface area (Å²) >= 11 is 0. The number of amides is 1. The van der Waals surface area contributed by atoms with E-state index in [0.717, 1.165) is 5.56 Å². The molecule has 6 nitrogen and oxygen atoms in total. The lowest BCUT2D eigenvalue weighted by Crippen LogP contribution is -2.57. The average molecular weight is 433 g/mol. The average Bonchev–Trinajstić information content (AvgIpc) is 2.82. The number of allylic oxidation sites excluding steroid dienone is 1. The van der Waals surface area contributed by atoms with Gasteiger partial charge in [-0.1, -0.05) is 30.3 Å². The second kappa shape index (κ2) is 9.73. The van der Waals surface area contributed by atoms with Crippen molar-refractivity contribution in [3.8, 4) is 11.9 Å². The van der Waals surface area contributed by atoms with Crippen LogP contribution in [0, 0.1) is 23.2 Å². The Hall–Kier alpha value is -3.53. The molecule has 7 heteroatoms. The maximum absolute atomic E-state index is 14.3. The first-order chi connectivity index (χ1) is 15.6. The molecule has 0 spiro atoms. The molecular formula is C25H24FN3O3. The van der Waals surface area contributed by atoms with Gasteiger partial charge in [0.1, 0.15) is 18.2 Å². The number of nitrogens with one attached hydrogen (secondary N) is 1. The molecular weight excluding hydrogens is 409 g/mol. The van der Waals surface area contributed by atoms with Gasteiger partial charge in [0.15, 0.2) is 12.4 Å². The predicted octanol–water partition coefficient (Wildman–Crippen LogP) is 3.60. The zero-order valence-corrected chi connectivity index (χ0v) is 17.5. The summed E-state index contributed by atoms with van der Waals surface area (Å²) in [5, 5.41) is 11.5. The van der Waals surface area contributed by atoms with Gasteiger partial charge >= 0.3 is 0 Å². The van der Waals surface area contributed by atoms with Gasteiger partial charge in [0.25, 0.3) is 0 Å². The Morgan fingerprint density at radius 3 is 2.78 bits per heavy atom. The molecule has 1 saturated carbocycles. The number of fused-ring (bicyclic) bond motifs is 1. The molecule has 1 amide bonds. The number of ether oxygens (including phenoxy) is 1. The van der Waals surface area contributed by atoms with Crippen LogP contribution in [0.25, 0.3) is 6.08 Å². The molecule has 1 aliphatic heterocycles. The van der Waals surface area contributed by atoms with Crippen LogP contribution in [0.5, 0.6) is 5.88 Å². The molecule has 1 aliphatic carbocycles. The van der Waals surface area contributed by atoms with E-state index in [2.05, 4.69) is 10.3 Å². The highest BCUT2D eigenvalue weighted by Gasteiger charge is 2.49. The van der Waals surface area contributed by atoms with E-state index in [4.69, 9.17) is 10.00 Å². The SMILES string of the molecule is N#CCOc1ccc(/C=C/C(=O)C2C(=O)NC3CCC(F)CC3C2c2ccccc2)cn1. The second-order valence-electron chi connectivity index (χ2n) is 8.22. The molecule has 32 heavy (non-hydrogen) atoms. The molecule has 0 bridgehead atoms. The number of carbonyl (C=O) groups excluding carboxylic acids is 2. The molecule has 5 atom stereocenters. The minimum atomic E-state index is -0.920. The number of aromatic nitrogens is 1. The number of hydrogen-bond donors (Lipinski definition) is 1. The summed E-state index contributed by atoms with van der Waals surface area (Å²) in [5.41, 5.74) is 1.55. The smallest absolute Gasteiger partial charge is 0.231 e. The van der Waals surface area contributed by atoms with E-state index >= 15 is 0 Å². The lowest BCUT2D eigenvalue weighted by atomic mass is 9.64. The molecule has 1 aromatic carbocycles. The van der Waals surface area contributed by atoms with Gasteiger partial charge in [-0.05, 0) is 54.5 Å². The molecule has 4 rings (SSSR count). The van der Waals surface area contributed by atoms with Gasteiger partial charge in [-0.3, -0.25) is 9.59 Å². The van der Waals surface area contributed by atoms with Crippen molar-refractivity contribution >= 4 is 17.8 Å². The Bertz CT molecular complexity index is 1030. The lowest BCUT2D eigenvalue weighted by molar-refractivity contribution is -0.138. The summed E-state index contributed by atoms with van der Waals surface area (Å²) in [6, 6.07) is 14.5. The van der Waals surface area contributed by atoms with Crippen molar-refractivity contribution < 1.29 is 18.7 Å². The number of nitrogens with zero attached hydrogens (tertiary/aromatic N) is 2. The minimum Gasteiger partial charge on any atom is -0.462 e. The molecule has 164 valence electrons. The number of hydrogen-bond acceptors (Lipinski definition) is 5. The Morgan fingerprint density at radius 1 is 1.25 bits per heavy atom. The number of ketones is 1. The topological polar surface area (TPSA) is 92.1 Å². The van der Waals surface area contributed by atoms with Crippen LogP contribution in [-0.2, 0) is 9.59 Å². The van der Waals surface area contributed by atoms with Crippen LogP contribution in [-0.4, -0.2) is 35.5 Å². The largest absolute Gasteiger partial charge is 0.462 e. The Balaban J connectivity index is 1.58. The first-order valence-electron chi connectivity index (χ1n) is 10.7. The third kappa shape index (κ3) is 4.70. The molecule has 2 aromatic rings. The Kier molecular flexibility index (Phi) is 6.60. The van der Waals surface area contributed by atoms with Crippen molar-refractivity contribution in [1.82, 2.24) is 10.3 Å². The Labute approximate surface area is 186 Å². The minimum absolute atomic E-state index is 0.0970. The fraction of sp³-hybridized carbons (Fsp3) is 0.360. The normalized spacial score (nSPS) is 27.2. The highest BCUT2D eigenvalue weighted by molar-refractivity contribution is 6.09. The van der Waals surface area contributed by atoms with E-state index in [1.807, 2.05) is 36.4 Å². The van der Waals surface area contributed by atoms with E-state index in [-0.39, 0.29) is 36.2 Å². The number of nitriles is 1. The van der Waals surface area contributed by atoms with Crippen LogP contribution in [0.3, 0.4) is 0 Å². The van der Waals surface area contributed by atoms with Crippen LogP contribution < -0.4 is 10.1 Å². The summed E-state index contributed by atoms with van der Waals surface area (Å²) < 4.78 is 19.4. The Morgan fingerprint density at radius 2 is 2.06 bits per heavy atom. The van der Waals surface area contributed by atoms with Gasteiger partial charge in [-0.25, -0.2) is 9.37 Å². The third-order valence-corrected chi connectivity index (χ3v) is 6.24. The first-order valence-corrected chi connectivity index (χ1v) is 10.7. The van der Waals surface area contributed by atoms with Gasteiger partial charge in [0, 0.05) is 24.2 Å². The molecule has 2 heterocycles. The maximum atomic E-state index is 14.3. The molecule has 1 N–H and O–H groups in total. The molecule has 5 unspecified atom stereocenters. The molecule has 1 saturated heterocycles. The van der Waals surface area contributed by atoms with Crippen molar-refractivity contribution in [1.29, 1.82) is 5.26 Å².